The molecular weight excluding hydrogens is 204 g/mol. The minimum Gasteiger partial charge on any atom is -0.0619 e. The van der Waals surface area contributed by atoms with Crippen LogP contribution >= 0.6 is 0 Å². The summed E-state index contributed by atoms with van der Waals surface area (Å²) in [4.78, 5) is 0. The average Bonchev–Trinajstić information content (AvgIpc) is 2.50. The molecule has 0 heteroatoms. The maximum Gasteiger partial charge on any atom is -0.0215 e. The molecule has 0 aromatic carbocycles. The van der Waals surface area contributed by atoms with Crippen molar-refractivity contribution in [2.24, 2.45) is 45.8 Å². The third-order valence-corrected chi connectivity index (χ3v) is 8.13. The van der Waals surface area contributed by atoms with E-state index in [0.29, 0.717) is 16.2 Å². The maximum atomic E-state index is 2.60. The molecule has 0 N–H and O–H groups in total. The van der Waals surface area contributed by atoms with E-state index in [2.05, 4.69) is 48.5 Å². The maximum absolute atomic E-state index is 2.60. The number of hydrogen-bond acceptors (Lipinski definition) is 0. The molecule has 6 atom stereocenters. The first-order valence-corrected chi connectivity index (χ1v) is 7.64. The topological polar surface area (TPSA) is 0 Å². The normalized spacial score (nSPS) is 58.4. The molecule has 3 fully saturated rings. The van der Waals surface area contributed by atoms with E-state index in [9.17, 15) is 0 Å². The summed E-state index contributed by atoms with van der Waals surface area (Å²) in [6, 6.07) is 0. The summed E-state index contributed by atoms with van der Waals surface area (Å²) < 4.78 is 0. The molecule has 0 spiro atoms. The van der Waals surface area contributed by atoms with Gasteiger partial charge >= 0.3 is 0 Å². The Hall–Kier alpha value is 0. The fraction of sp³-hybridized carbons (Fsp3) is 1.00. The van der Waals surface area contributed by atoms with Gasteiger partial charge in [-0.3, -0.25) is 0 Å². The number of rotatable bonds is 0. The molecule has 3 saturated carbocycles. The standard InChI is InChI=1S/C17H30/c1-10-8-13-12-9-15(3,4)11(2)14(12)16(5,6)17(10,13)7/h10-14H,8-9H2,1-7H3. The SMILES string of the molecule is CC1C2C(CC1(C)C)C1CC(C)C1(C)C2(C)C. The van der Waals surface area contributed by atoms with Gasteiger partial charge in [-0.05, 0) is 58.7 Å². The molecule has 98 valence electrons. The van der Waals surface area contributed by atoms with Crippen molar-refractivity contribution in [2.75, 3.05) is 0 Å². The van der Waals surface area contributed by atoms with Crippen molar-refractivity contribution in [1.29, 1.82) is 0 Å². The molecule has 0 bridgehead atoms. The summed E-state index contributed by atoms with van der Waals surface area (Å²) in [5.41, 5.74) is 1.76. The van der Waals surface area contributed by atoms with Crippen molar-refractivity contribution in [3.8, 4) is 0 Å². The van der Waals surface area contributed by atoms with E-state index < -0.39 is 0 Å². The van der Waals surface area contributed by atoms with Crippen molar-refractivity contribution in [1.82, 2.24) is 0 Å². The number of hydrogen-bond donors (Lipinski definition) is 0. The molecule has 3 rings (SSSR count). The van der Waals surface area contributed by atoms with Crippen LogP contribution in [0.5, 0.6) is 0 Å². The predicted molar refractivity (Wildman–Crippen MR) is 73.7 cm³/mol. The molecule has 0 heterocycles. The van der Waals surface area contributed by atoms with E-state index in [1.165, 1.54) is 12.8 Å². The van der Waals surface area contributed by atoms with Gasteiger partial charge in [0.2, 0.25) is 0 Å². The molecule has 3 aliphatic carbocycles. The fourth-order valence-electron chi connectivity index (χ4n) is 6.50. The van der Waals surface area contributed by atoms with Gasteiger partial charge in [-0.2, -0.15) is 0 Å². The first-order valence-electron chi connectivity index (χ1n) is 7.64. The first kappa shape index (κ1) is 12.1. The van der Waals surface area contributed by atoms with Crippen molar-refractivity contribution in [2.45, 2.75) is 61.3 Å². The lowest BCUT2D eigenvalue weighted by Gasteiger charge is -2.58. The third kappa shape index (κ3) is 1.08. The van der Waals surface area contributed by atoms with Crippen molar-refractivity contribution in [3.05, 3.63) is 0 Å². The second-order valence-corrected chi connectivity index (χ2v) is 8.92. The molecular formula is C17H30. The second-order valence-electron chi connectivity index (χ2n) is 8.92. The molecule has 3 aliphatic rings. The zero-order valence-corrected chi connectivity index (χ0v) is 12.8. The Kier molecular flexibility index (Phi) is 2.08. The zero-order chi connectivity index (χ0) is 12.8. The van der Waals surface area contributed by atoms with Crippen LogP contribution < -0.4 is 0 Å². The molecule has 0 aliphatic heterocycles. The largest absolute Gasteiger partial charge is 0.0619 e. The zero-order valence-electron chi connectivity index (χ0n) is 12.8. The van der Waals surface area contributed by atoms with Crippen LogP contribution in [0.2, 0.25) is 0 Å². The highest BCUT2D eigenvalue weighted by molar-refractivity contribution is 5.20. The van der Waals surface area contributed by atoms with Crippen molar-refractivity contribution in [3.63, 3.8) is 0 Å². The van der Waals surface area contributed by atoms with Crippen LogP contribution in [0.4, 0.5) is 0 Å². The smallest absolute Gasteiger partial charge is 0.0215 e. The van der Waals surface area contributed by atoms with Crippen LogP contribution in [0.1, 0.15) is 61.3 Å². The van der Waals surface area contributed by atoms with Crippen LogP contribution in [-0.4, -0.2) is 0 Å². The molecule has 0 aromatic rings. The molecule has 0 nitrogen and oxygen atoms in total. The van der Waals surface area contributed by atoms with E-state index in [1.54, 1.807) is 0 Å². The Balaban J connectivity index is 2.04. The molecule has 6 unspecified atom stereocenters. The minimum atomic E-state index is 0.549. The van der Waals surface area contributed by atoms with Gasteiger partial charge in [-0.1, -0.05) is 48.5 Å². The Labute approximate surface area is 108 Å². The Morgan fingerprint density at radius 2 is 1.53 bits per heavy atom. The van der Waals surface area contributed by atoms with E-state index in [0.717, 1.165) is 29.6 Å². The summed E-state index contributed by atoms with van der Waals surface area (Å²) in [5.74, 6) is 4.87. The van der Waals surface area contributed by atoms with Gasteiger partial charge in [-0.25, -0.2) is 0 Å². The Morgan fingerprint density at radius 1 is 0.941 bits per heavy atom. The predicted octanol–water partition coefficient (Wildman–Crippen LogP) is 4.99. The third-order valence-electron chi connectivity index (χ3n) is 8.13. The quantitative estimate of drug-likeness (QED) is 0.554. The van der Waals surface area contributed by atoms with E-state index in [-0.39, 0.29) is 0 Å². The van der Waals surface area contributed by atoms with Gasteiger partial charge in [0, 0.05) is 0 Å². The summed E-state index contributed by atoms with van der Waals surface area (Å²) >= 11 is 0. The van der Waals surface area contributed by atoms with Gasteiger partial charge in [0.25, 0.3) is 0 Å². The monoisotopic (exact) mass is 234 g/mol. The lowest BCUT2D eigenvalue weighted by Crippen LogP contribution is -2.52. The molecule has 0 aromatic heterocycles. The summed E-state index contributed by atoms with van der Waals surface area (Å²) in [6.07, 6.45) is 2.99. The summed E-state index contributed by atoms with van der Waals surface area (Å²) in [5, 5.41) is 0. The van der Waals surface area contributed by atoms with Crippen molar-refractivity contribution >= 4 is 0 Å². The van der Waals surface area contributed by atoms with Crippen LogP contribution in [-0.2, 0) is 0 Å². The van der Waals surface area contributed by atoms with Gasteiger partial charge in [0.1, 0.15) is 0 Å². The van der Waals surface area contributed by atoms with Gasteiger partial charge in [-0.15, -0.1) is 0 Å². The molecule has 0 radical (unpaired) electrons. The Bertz CT molecular complexity index is 351. The highest BCUT2D eigenvalue weighted by atomic mass is 14.8. The molecule has 0 saturated heterocycles. The van der Waals surface area contributed by atoms with Gasteiger partial charge in [0.05, 0.1) is 0 Å². The summed E-state index contributed by atoms with van der Waals surface area (Å²) in [7, 11) is 0. The number of fused-ring (bicyclic) bond motifs is 3. The van der Waals surface area contributed by atoms with Gasteiger partial charge < -0.3 is 0 Å². The van der Waals surface area contributed by atoms with Crippen LogP contribution in [0.15, 0.2) is 0 Å². The van der Waals surface area contributed by atoms with Gasteiger partial charge in [0.15, 0.2) is 0 Å². The van der Waals surface area contributed by atoms with E-state index in [4.69, 9.17) is 0 Å². The van der Waals surface area contributed by atoms with Crippen LogP contribution in [0.25, 0.3) is 0 Å². The van der Waals surface area contributed by atoms with E-state index in [1.807, 2.05) is 0 Å². The highest BCUT2D eigenvalue weighted by Crippen LogP contribution is 2.78. The van der Waals surface area contributed by atoms with Crippen LogP contribution in [0.3, 0.4) is 0 Å². The second kappa shape index (κ2) is 2.94. The summed E-state index contributed by atoms with van der Waals surface area (Å²) in [6.45, 7) is 17.8. The van der Waals surface area contributed by atoms with Crippen molar-refractivity contribution < 1.29 is 0 Å². The highest BCUT2D eigenvalue weighted by Gasteiger charge is 2.72. The average molecular weight is 234 g/mol. The Morgan fingerprint density at radius 3 is 2.06 bits per heavy atom. The minimum absolute atomic E-state index is 0.549. The van der Waals surface area contributed by atoms with E-state index >= 15 is 0 Å². The fourth-order valence-corrected chi connectivity index (χ4v) is 6.50. The lowest BCUT2D eigenvalue weighted by molar-refractivity contribution is -0.101. The molecule has 17 heavy (non-hydrogen) atoms. The first-order chi connectivity index (χ1) is 7.64. The van der Waals surface area contributed by atoms with Crippen LogP contribution in [0, 0.1) is 45.8 Å². The lowest BCUT2D eigenvalue weighted by atomic mass is 9.46. The molecule has 0 amide bonds.